The molecule has 5 nitrogen and oxygen atoms in total. The summed E-state index contributed by atoms with van der Waals surface area (Å²) in [5.74, 6) is -0.194. The highest BCUT2D eigenvalue weighted by Crippen LogP contribution is 2.25. The third-order valence-electron chi connectivity index (χ3n) is 3.95. The Labute approximate surface area is 147 Å². The standard InChI is InChI=1S/C19H23FN2O3/c1-4-22(14(2)15-7-9-16(20)10-8-15)19(23)17-6-5-11-21-18(17)25-13-12-24-3/h5-11,14H,4,12-13H2,1-3H3. The minimum atomic E-state index is -0.300. The van der Waals surface area contributed by atoms with Crippen LogP contribution < -0.4 is 4.74 Å². The summed E-state index contributed by atoms with van der Waals surface area (Å²) in [7, 11) is 1.58. The predicted octanol–water partition coefficient (Wildman–Crippen LogP) is 3.47. The van der Waals surface area contributed by atoms with Gasteiger partial charge in [-0.3, -0.25) is 4.79 Å². The summed E-state index contributed by atoms with van der Waals surface area (Å²) in [6.07, 6.45) is 1.58. The van der Waals surface area contributed by atoms with E-state index in [1.165, 1.54) is 12.1 Å². The van der Waals surface area contributed by atoms with E-state index in [-0.39, 0.29) is 23.6 Å². The van der Waals surface area contributed by atoms with Gasteiger partial charge in [0.1, 0.15) is 18.0 Å². The Morgan fingerprint density at radius 2 is 1.96 bits per heavy atom. The van der Waals surface area contributed by atoms with E-state index in [0.29, 0.717) is 25.3 Å². The van der Waals surface area contributed by atoms with Crippen molar-refractivity contribution in [3.8, 4) is 5.88 Å². The summed E-state index contributed by atoms with van der Waals surface area (Å²) in [4.78, 5) is 18.9. The molecule has 0 fully saturated rings. The van der Waals surface area contributed by atoms with Gasteiger partial charge in [-0.05, 0) is 43.7 Å². The Balaban J connectivity index is 2.23. The van der Waals surface area contributed by atoms with Gasteiger partial charge in [-0.15, -0.1) is 0 Å². The van der Waals surface area contributed by atoms with Crippen molar-refractivity contribution in [2.24, 2.45) is 0 Å². The fourth-order valence-electron chi connectivity index (χ4n) is 2.56. The summed E-state index contributed by atoms with van der Waals surface area (Å²) >= 11 is 0. The summed E-state index contributed by atoms with van der Waals surface area (Å²) in [5.41, 5.74) is 1.26. The van der Waals surface area contributed by atoms with Gasteiger partial charge in [0.2, 0.25) is 5.88 Å². The first kappa shape index (κ1) is 18.9. The number of benzene rings is 1. The lowest BCUT2D eigenvalue weighted by Crippen LogP contribution is -2.34. The molecule has 0 radical (unpaired) electrons. The zero-order chi connectivity index (χ0) is 18.2. The molecule has 0 aliphatic carbocycles. The maximum absolute atomic E-state index is 13.1. The molecule has 0 saturated carbocycles. The molecule has 2 rings (SSSR count). The number of nitrogens with zero attached hydrogens (tertiary/aromatic N) is 2. The molecule has 0 N–H and O–H groups in total. The molecule has 25 heavy (non-hydrogen) atoms. The van der Waals surface area contributed by atoms with E-state index in [2.05, 4.69) is 4.98 Å². The van der Waals surface area contributed by atoms with Crippen molar-refractivity contribution in [2.45, 2.75) is 19.9 Å². The maximum Gasteiger partial charge on any atom is 0.259 e. The number of amides is 1. The van der Waals surface area contributed by atoms with Crippen LogP contribution in [0.15, 0.2) is 42.6 Å². The van der Waals surface area contributed by atoms with Gasteiger partial charge in [-0.2, -0.15) is 0 Å². The smallest absolute Gasteiger partial charge is 0.259 e. The van der Waals surface area contributed by atoms with Crippen molar-refractivity contribution < 1.29 is 18.7 Å². The zero-order valence-corrected chi connectivity index (χ0v) is 14.7. The summed E-state index contributed by atoms with van der Waals surface area (Å²) in [6, 6.07) is 9.36. The molecule has 0 spiro atoms. The van der Waals surface area contributed by atoms with Crippen LogP contribution in [0.25, 0.3) is 0 Å². The van der Waals surface area contributed by atoms with Crippen molar-refractivity contribution in [3.63, 3.8) is 0 Å². The number of hydrogen-bond donors (Lipinski definition) is 0. The maximum atomic E-state index is 13.1. The lowest BCUT2D eigenvalue weighted by atomic mass is 10.1. The van der Waals surface area contributed by atoms with Crippen LogP contribution in [0.5, 0.6) is 5.88 Å². The van der Waals surface area contributed by atoms with Crippen LogP contribution in [0.3, 0.4) is 0 Å². The molecule has 1 unspecified atom stereocenters. The lowest BCUT2D eigenvalue weighted by Gasteiger charge is -2.29. The molecule has 1 heterocycles. The van der Waals surface area contributed by atoms with Crippen molar-refractivity contribution in [2.75, 3.05) is 26.9 Å². The Hall–Kier alpha value is -2.47. The highest BCUT2D eigenvalue weighted by Gasteiger charge is 2.24. The molecular formula is C19H23FN2O3. The van der Waals surface area contributed by atoms with Gasteiger partial charge in [0, 0.05) is 19.9 Å². The second kappa shape index (κ2) is 9.13. The summed E-state index contributed by atoms with van der Waals surface area (Å²) in [6.45, 7) is 5.04. The molecule has 1 amide bonds. The number of pyridine rings is 1. The Morgan fingerprint density at radius 1 is 1.24 bits per heavy atom. The topological polar surface area (TPSA) is 51.7 Å². The second-order valence-corrected chi connectivity index (χ2v) is 5.52. The van der Waals surface area contributed by atoms with E-state index in [0.717, 1.165) is 5.56 Å². The minimum Gasteiger partial charge on any atom is -0.475 e. The first-order valence-corrected chi connectivity index (χ1v) is 8.21. The van der Waals surface area contributed by atoms with Crippen LogP contribution in [0.2, 0.25) is 0 Å². The van der Waals surface area contributed by atoms with E-state index in [9.17, 15) is 9.18 Å². The van der Waals surface area contributed by atoms with Crippen molar-refractivity contribution in [1.29, 1.82) is 0 Å². The number of hydrogen-bond acceptors (Lipinski definition) is 4. The van der Waals surface area contributed by atoms with E-state index >= 15 is 0 Å². The van der Waals surface area contributed by atoms with Crippen LogP contribution in [0.1, 0.15) is 35.8 Å². The van der Waals surface area contributed by atoms with Gasteiger partial charge in [0.15, 0.2) is 0 Å². The lowest BCUT2D eigenvalue weighted by molar-refractivity contribution is 0.0694. The number of rotatable bonds is 8. The number of carbonyl (C=O) groups excluding carboxylic acids is 1. The number of ether oxygens (including phenoxy) is 2. The summed E-state index contributed by atoms with van der Waals surface area (Å²) < 4.78 is 23.7. The molecule has 0 saturated heterocycles. The first-order chi connectivity index (χ1) is 12.1. The number of carbonyl (C=O) groups is 1. The predicted molar refractivity (Wildman–Crippen MR) is 93.1 cm³/mol. The number of aromatic nitrogens is 1. The molecule has 6 heteroatoms. The number of halogens is 1. The third-order valence-corrected chi connectivity index (χ3v) is 3.95. The normalized spacial score (nSPS) is 11.8. The van der Waals surface area contributed by atoms with E-state index in [1.54, 1.807) is 42.5 Å². The fourth-order valence-corrected chi connectivity index (χ4v) is 2.56. The van der Waals surface area contributed by atoms with Gasteiger partial charge in [-0.1, -0.05) is 12.1 Å². The highest BCUT2D eigenvalue weighted by atomic mass is 19.1. The molecule has 1 atom stereocenters. The van der Waals surface area contributed by atoms with E-state index in [1.807, 2.05) is 13.8 Å². The molecule has 0 bridgehead atoms. The molecule has 2 aromatic rings. The SMILES string of the molecule is CCN(C(=O)c1cccnc1OCCOC)C(C)c1ccc(F)cc1. The first-order valence-electron chi connectivity index (χ1n) is 8.21. The van der Waals surface area contributed by atoms with E-state index in [4.69, 9.17) is 9.47 Å². The molecule has 1 aromatic carbocycles. The fraction of sp³-hybridized carbons (Fsp3) is 0.368. The Kier molecular flexibility index (Phi) is 6.89. The van der Waals surface area contributed by atoms with Crippen LogP contribution in [-0.2, 0) is 4.74 Å². The highest BCUT2D eigenvalue weighted by molar-refractivity contribution is 5.96. The molecule has 1 aromatic heterocycles. The minimum absolute atomic E-state index is 0.181. The summed E-state index contributed by atoms with van der Waals surface area (Å²) in [5, 5.41) is 0. The van der Waals surface area contributed by atoms with Crippen LogP contribution in [0, 0.1) is 5.82 Å². The van der Waals surface area contributed by atoms with Crippen molar-refractivity contribution in [3.05, 3.63) is 59.5 Å². The van der Waals surface area contributed by atoms with Gasteiger partial charge in [-0.25, -0.2) is 9.37 Å². The average molecular weight is 346 g/mol. The van der Waals surface area contributed by atoms with Gasteiger partial charge in [0.05, 0.1) is 12.6 Å². The molecular weight excluding hydrogens is 323 g/mol. The van der Waals surface area contributed by atoms with Crippen LogP contribution >= 0.6 is 0 Å². The molecule has 0 aliphatic heterocycles. The monoisotopic (exact) mass is 346 g/mol. The van der Waals surface area contributed by atoms with E-state index < -0.39 is 0 Å². The van der Waals surface area contributed by atoms with Gasteiger partial charge in [0.25, 0.3) is 5.91 Å². The van der Waals surface area contributed by atoms with Gasteiger partial charge >= 0.3 is 0 Å². The number of methoxy groups -OCH3 is 1. The van der Waals surface area contributed by atoms with Crippen LogP contribution in [-0.4, -0.2) is 42.7 Å². The van der Waals surface area contributed by atoms with Crippen molar-refractivity contribution in [1.82, 2.24) is 9.88 Å². The van der Waals surface area contributed by atoms with Crippen molar-refractivity contribution >= 4 is 5.91 Å². The zero-order valence-electron chi connectivity index (χ0n) is 14.7. The molecule has 0 aliphatic rings. The Bertz CT molecular complexity index is 691. The largest absolute Gasteiger partial charge is 0.475 e. The average Bonchev–Trinajstić information content (AvgIpc) is 2.63. The quantitative estimate of drug-likeness (QED) is 0.687. The second-order valence-electron chi connectivity index (χ2n) is 5.52. The molecule has 134 valence electrons. The van der Waals surface area contributed by atoms with Crippen LogP contribution in [0.4, 0.5) is 4.39 Å². The van der Waals surface area contributed by atoms with Gasteiger partial charge < -0.3 is 14.4 Å². The third kappa shape index (κ3) is 4.76. The Morgan fingerprint density at radius 3 is 2.60 bits per heavy atom.